The van der Waals surface area contributed by atoms with Crippen LogP contribution in [0.5, 0.6) is 5.75 Å². The van der Waals surface area contributed by atoms with Crippen molar-refractivity contribution >= 4 is 34.6 Å². The SMILES string of the molecule is NC(N)=NCCC[C@H](NC(=O)[C@@H](N)Cc1c[nH]c2ccccc12)C(=O)N[C@@H](Cc1ccc(O)cc1)C(=O)O. The molecule has 0 radical (unpaired) electrons. The average molecular weight is 524 g/mol. The second-order valence-electron chi connectivity index (χ2n) is 8.95. The van der Waals surface area contributed by atoms with Gasteiger partial charge in [-0.05, 0) is 48.6 Å². The summed E-state index contributed by atoms with van der Waals surface area (Å²) in [4.78, 5) is 45.0. The van der Waals surface area contributed by atoms with E-state index in [4.69, 9.17) is 17.2 Å². The van der Waals surface area contributed by atoms with Crippen molar-refractivity contribution in [2.24, 2.45) is 22.2 Å². The van der Waals surface area contributed by atoms with Crippen molar-refractivity contribution in [3.8, 4) is 5.75 Å². The van der Waals surface area contributed by atoms with E-state index in [1.165, 1.54) is 12.1 Å². The van der Waals surface area contributed by atoms with Crippen molar-refractivity contribution in [1.29, 1.82) is 0 Å². The first-order valence-electron chi connectivity index (χ1n) is 12.1. The minimum absolute atomic E-state index is 0.0178. The number of fused-ring (bicyclic) bond motifs is 1. The molecule has 3 atom stereocenters. The summed E-state index contributed by atoms with van der Waals surface area (Å²) < 4.78 is 0. The van der Waals surface area contributed by atoms with Crippen LogP contribution < -0.4 is 27.8 Å². The summed E-state index contributed by atoms with van der Waals surface area (Å²) in [7, 11) is 0. The first-order valence-corrected chi connectivity index (χ1v) is 12.1. The number of nitrogens with one attached hydrogen (secondary N) is 3. The minimum Gasteiger partial charge on any atom is -0.508 e. The van der Waals surface area contributed by atoms with E-state index in [-0.39, 0.29) is 37.5 Å². The van der Waals surface area contributed by atoms with Crippen LogP contribution >= 0.6 is 0 Å². The van der Waals surface area contributed by atoms with E-state index < -0.39 is 35.9 Å². The Morgan fingerprint density at radius 3 is 2.32 bits per heavy atom. The lowest BCUT2D eigenvalue weighted by molar-refractivity contribution is -0.142. The van der Waals surface area contributed by atoms with Gasteiger partial charge in [0.15, 0.2) is 5.96 Å². The second kappa shape index (κ2) is 13.1. The number of H-pyrrole nitrogens is 1. The van der Waals surface area contributed by atoms with Gasteiger partial charge in [0.05, 0.1) is 6.04 Å². The van der Waals surface area contributed by atoms with E-state index in [9.17, 15) is 24.6 Å². The molecule has 0 aliphatic heterocycles. The average Bonchev–Trinajstić information content (AvgIpc) is 3.29. The number of aliphatic imine (C=N–C) groups is 1. The molecular weight excluding hydrogens is 490 g/mol. The number of amides is 2. The fourth-order valence-corrected chi connectivity index (χ4v) is 4.02. The number of carboxylic acid groups (broad SMARTS) is 1. The Labute approximate surface area is 219 Å². The smallest absolute Gasteiger partial charge is 0.326 e. The number of guanidine groups is 1. The number of nitrogens with two attached hydrogens (primary N) is 3. The maximum Gasteiger partial charge on any atom is 0.326 e. The first kappa shape index (κ1) is 28.0. The number of phenolic OH excluding ortho intramolecular Hbond substituents is 1. The fraction of sp³-hybridized carbons (Fsp3) is 0.308. The van der Waals surface area contributed by atoms with Gasteiger partial charge in [-0.1, -0.05) is 30.3 Å². The van der Waals surface area contributed by atoms with Gasteiger partial charge in [-0.3, -0.25) is 14.6 Å². The number of benzene rings is 2. The maximum atomic E-state index is 13.1. The van der Waals surface area contributed by atoms with Crippen LogP contribution in [0, 0.1) is 0 Å². The lowest BCUT2D eigenvalue weighted by atomic mass is 10.0. The van der Waals surface area contributed by atoms with Gasteiger partial charge >= 0.3 is 5.97 Å². The lowest BCUT2D eigenvalue weighted by Crippen LogP contribution is -2.55. The topological polar surface area (TPSA) is 222 Å². The Kier molecular flexibility index (Phi) is 9.66. The van der Waals surface area contributed by atoms with Crippen molar-refractivity contribution < 1.29 is 24.6 Å². The Morgan fingerprint density at radius 2 is 1.63 bits per heavy atom. The van der Waals surface area contributed by atoms with Gasteiger partial charge < -0.3 is 43.0 Å². The van der Waals surface area contributed by atoms with Crippen molar-refractivity contribution in [3.05, 3.63) is 65.9 Å². The number of carboxylic acids is 1. The lowest BCUT2D eigenvalue weighted by Gasteiger charge is -2.23. The van der Waals surface area contributed by atoms with Crippen molar-refractivity contribution in [3.63, 3.8) is 0 Å². The zero-order valence-electron chi connectivity index (χ0n) is 20.8. The summed E-state index contributed by atoms with van der Waals surface area (Å²) in [5, 5.41) is 25.2. The van der Waals surface area contributed by atoms with Crippen LogP contribution in [-0.4, -0.2) is 63.6 Å². The zero-order valence-corrected chi connectivity index (χ0v) is 20.8. The molecule has 0 unspecified atom stereocenters. The molecular formula is C26H33N7O5. The summed E-state index contributed by atoms with van der Waals surface area (Å²) >= 11 is 0. The number of phenols is 1. The molecule has 1 aromatic heterocycles. The normalized spacial score (nSPS) is 13.3. The van der Waals surface area contributed by atoms with Crippen molar-refractivity contribution in [2.45, 2.75) is 43.8 Å². The van der Waals surface area contributed by atoms with E-state index in [2.05, 4.69) is 20.6 Å². The van der Waals surface area contributed by atoms with Gasteiger partial charge in [0, 0.05) is 30.1 Å². The standard InChI is InChI=1S/C26H33N7O5/c27-19(13-16-14-31-20-5-2-1-4-18(16)20)23(35)32-21(6-3-11-30-26(28)29)24(36)33-22(25(37)38)12-15-7-9-17(34)10-8-15/h1-2,4-5,7-10,14,19,21-22,31,34H,3,6,11-13,27H2,(H,32,35)(H,33,36)(H,37,38)(H4,28,29,30)/t19-,21-,22-/m0/s1. The molecule has 2 aromatic carbocycles. The van der Waals surface area contributed by atoms with Gasteiger partial charge in [0.25, 0.3) is 0 Å². The molecule has 0 spiro atoms. The van der Waals surface area contributed by atoms with Crippen LogP contribution in [0.4, 0.5) is 0 Å². The number of aliphatic carboxylic acids is 1. The molecule has 0 aliphatic rings. The van der Waals surface area contributed by atoms with Crippen molar-refractivity contribution in [1.82, 2.24) is 15.6 Å². The van der Waals surface area contributed by atoms with E-state index in [0.717, 1.165) is 16.5 Å². The Bertz CT molecular complexity index is 1280. The molecule has 12 heteroatoms. The number of aromatic hydroxyl groups is 1. The second-order valence-corrected chi connectivity index (χ2v) is 8.95. The van der Waals surface area contributed by atoms with E-state index in [1.807, 2.05) is 24.3 Å². The number of carbonyl (C=O) groups excluding carboxylic acids is 2. The molecule has 202 valence electrons. The highest BCUT2D eigenvalue weighted by Crippen LogP contribution is 2.19. The summed E-state index contributed by atoms with van der Waals surface area (Å²) in [6.45, 7) is 0.221. The van der Waals surface area contributed by atoms with Crippen LogP contribution in [0.1, 0.15) is 24.0 Å². The molecule has 3 aromatic rings. The van der Waals surface area contributed by atoms with Gasteiger partial charge in [-0.15, -0.1) is 0 Å². The Morgan fingerprint density at radius 1 is 0.947 bits per heavy atom. The number of rotatable bonds is 13. The minimum atomic E-state index is -1.26. The molecule has 0 fully saturated rings. The van der Waals surface area contributed by atoms with Crippen LogP contribution in [0.2, 0.25) is 0 Å². The highest BCUT2D eigenvalue weighted by atomic mass is 16.4. The molecule has 0 bridgehead atoms. The van der Waals surface area contributed by atoms with Gasteiger partial charge in [0.2, 0.25) is 11.8 Å². The number of hydrogen-bond donors (Lipinski definition) is 8. The van der Waals surface area contributed by atoms with Gasteiger partial charge in [-0.2, -0.15) is 0 Å². The summed E-state index contributed by atoms with van der Waals surface area (Å²) in [5.74, 6) is -2.53. The third kappa shape index (κ3) is 7.96. The van der Waals surface area contributed by atoms with Crippen LogP contribution in [-0.2, 0) is 27.2 Å². The number of hydrogen-bond acceptors (Lipinski definition) is 6. The van der Waals surface area contributed by atoms with Gasteiger partial charge in [-0.25, -0.2) is 4.79 Å². The first-order chi connectivity index (χ1) is 18.1. The van der Waals surface area contributed by atoms with Crippen LogP contribution in [0.15, 0.2) is 59.7 Å². The third-order valence-electron chi connectivity index (χ3n) is 6.02. The quantitative estimate of drug-likeness (QED) is 0.0869. The molecule has 2 amide bonds. The van der Waals surface area contributed by atoms with Crippen LogP contribution in [0.3, 0.4) is 0 Å². The molecule has 0 saturated heterocycles. The molecule has 1 heterocycles. The largest absolute Gasteiger partial charge is 0.508 e. The third-order valence-corrected chi connectivity index (χ3v) is 6.02. The number of nitrogens with zero attached hydrogens (tertiary/aromatic N) is 1. The van der Waals surface area contributed by atoms with E-state index in [1.54, 1.807) is 18.3 Å². The number of carbonyl (C=O) groups is 3. The summed E-state index contributed by atoms with van der Waals surface area (Å²) in [6.07, 6.45) is 2.51. The fourth-order valence-electron chi connectivity index (χ4n) is 4.02. The maximum absolute atomic E-state index is 13.1. The molecule has 0 saturated carbocycles. The molecule has 38 heavy (non-hydrogen) atoms. The monoisotopic (exact) mass is 523 g/mol. The molecule has 12 nitrogen and oxygen atoms in total. The number of aromatic amines is 1. The molecule has 0 aliphatic carbocycles. The summed E-state index contributed by atoms with van der Waals surface area (Å²) in [5.41, 5.74) is 19.3. The predicted molar refractivity (Wildman–Crippen MR) is 143 cm³/mol. The van der Waals surface area contributed by atoms with Gasteiger partial charge in [0.1, 0.15) is 17.8 Å². The molecule has 11 N–H and O–H groups in total. The van der Waals surface area contributed by atoms with Crippen LogP contribution in [0.25, 0.3) is 10.9 Å². The number of para-hydroxylation sites is 1. The Balaban J connectivity index is 1.69. The van der Waals surface area contributed by atoms with E-state index in [0.29, 0.717) is 12.0 Å². The zero-order chi connectivity index (χ0) is 27.7. The highest BCUT2D eigenvalue weighted by Gasteiger charge is 2.28. The molecule has 3 rings (SSSR count). The van der Waals surface area contributed by atoms with E-state index >= 15 is 0 Å². The van der Waals surface area contributed by atoms with Crippen molar-refractivity contribution in [2.75, 3.05) is 6.54 Å². The Hall–Kier alpha value is -4.58. The highest BCUT2D eigenvalue weighted by molar-refractivity contribution is 5.92. The predicted octanol–water partition coefficient (Wildman–Crippen LogP) is 0.0938. The summed E-state index contributed by atoms with van der Waals surface area (Å²) in [6, 6.07) is 10.3. The number of aromatic nitrogens is 1.